The van der Waals surface area contributed by atoms with E-state index in [1.165, 1.54) is 18.5 Å². The van der Waals surface area contributed by atoms with Gasteiger partial charge >= 0.3 is 5.97 Å². The van der Waals surface area contributed by atoms with Crippen molar-refractivity contribution in [1.29, 1.82) is 0 Å². The zero-order valence-corrected chi connectivity index (χ0v) is 11.1. The van der Waals surface area contributed by atoms with E-state index in [-0.39, 0.29) is 10.6 Å². The number of aromatic nitrogens is 1. The van der Waals surface area contributed by atoms with Gasteiger partial charge in [0.05, 0.1) is 10.6 Å². The summed E-state index contributed by atoms with van der Waals surface area (Å²) in [7, 11) is 0. The first kappa shape index (κ1) is 13.8. The molecule has 0 spiro atoms. The molecule has 1 aliphatic rings. The lowest BCUT2D eigenvalue weighted by molar-refractivity contribution is -0.145. The maximum atomic E-state index is 12.2. The maximum absolute atomic E-state index is 12.2. The van der Waals surface area contributed by atoms with E-state index in [9.17, 15) is 14.7 Å². The van der Waals surface area contributed by atoms with Gasteiger partial charge in [0.15, 0.2) is 0 Å². The Morgan fingerprint density at radius 2 is 2.00 bits per heavy atom. The Labute approximate surface area is 116 Å². The lowest BCUT2D eigenvalue weighted by Gasteiger charge is -2.34. The molecule has 1 heterocycles. The van der Waals surface area contributed by atoms with Crippen molar-refractivity contribution in [3.8, 4) is 0 Å². The van der Waals surface area contributed by atoms with E-state index in [2.05, 4.69) is 10.3 Å². The Kier molecular flexibility index (Phi) is 4.04. The summed E-state index contributed by atoms with van der Waals surface area (Å²) in [6.07, 6.45) is 6.33. The van der Waals surface area contributed by atoms with E-state index in [1.807, 2.05) is 0 Å². The molecule has 2 rings (SSSR count). The largest absolute Gasteiger partial charge is 0.480 e. The summed E-state index contributed by atoms with van der Waals surface area (Å²) in [4.78, 5) is 27.4. The maximum Gasteiger partial charge on any atom is 0.329 e. The highest BCUT2D eigenvalue weighted by Crippen LogP contribution is 2.29. The molecule has 1 fully saturated rings. The van der Waals surface area contributed by atoms with Crippen LogP contribution < -0.4 is 5.32 Å². The van der Waals surface area contributed by atoms with Crippen molar-refractivity contribution < 1.29 is 14.7 Å². The van der Waals surface area contributed by atoms with Gasteiger partial charge < -0.3 is 10.4 Å². The van der Waals surface area contributed by atoms with Crippen LogP contribution in [-0.4, -0.2) is 27.5 Å². The molecule has 0 atom stereocenters. The lowest BCUT2D eigenvalue weighted by atomic mass is 9.81. The minimum Gasteiger partial charge on any atom is -0.480 e. The fourth-order valence-electron chi connectivity index (χ4n) is 2.39. The molecule has 6 heteroatoms. The topological polar surface area (TPSA) is 79.3 Å². The van der Waals surface area contributed by atoms with E-state index in [1.54, 1.807) is 0 Å². The minimum absolute atomic E-state index is 0.219. The third-order valence-corrected chi connectivity index (χ3v) is 3.79. The molecule has 2 N–H and O–H groups in total. The van der Waals surface area contributed by atoms with Crippen LogP contribution in [0.4, 0.5) is 0 Å². The highest BCUT2D eigenvalue weighted by atomic mass is 35.5. The van der Waals surface area contributed by atoms with Gasteiger partial charge in [-0.1, -0.05) is 30.9 Å². The number of carbonyl (C=O) groups is 2. The number of amides is 1. The van der Waals surface area contributed by atoms with Gasteiger partial charge in [-0.3, -0.25) is 9.78 Å². The summed E-state index contributed by atoms with van der Waals surface area (Å²) in [5.41, 5.74) is -0.912. The molecule has 0 bridgehead atoms. The van der Waals surface area contributed by atoms with Crippen molar-refractivity contribution in [3.05, 3.63) is 29.0 Å². The number of halogens is 1. The van der Waals surface area contributed by atoms with Crippen LogP contribution >= 0.6 is 11.6 Å². The SMILES string of the molecule is O=C(NC1(C(=O)O)CCCCC1)c1ccncc1Cl. The summed E-state index contributed by atoms with van der Waals surface area (Å²) in [5.74, 6) is -1.44. The molecule has 1 amide bonds. The summed E-state index contributed by atoms with van der Waals surface area (Å²) >= 11 is 5.89. The number of aliphatic carboxylic acids is 1. The Morgan fingerprint density at radius 1 is 1.32 bits per heavy atom. The molecule has 19 heavy (non-hydrogen) atoms. The van der Waals surface area contributed by atoms with Crippen molar-refractivity contribution in [2.75, 3.05) is 0 Å². The van der Waals surface area contributed by atoms with E-state index in [0.717, 1.165) is 19.3 Å². The molecule has 1 aromatic heterocycles. The Morgan fingerprint density at radius 3 is 2.58 bits per heavy atom. The van der Waals surface area contributed by atoms with Gasteiger partial charge in [-0.25, -0.2) is 4.79 Å². The van der Waals surface area contributed by atoms with Crippen LogP contribution in [0, 0.1) is 0 Å². The van der Waals surface area contributed by atoms with Crippen molar-refractivity contribution in [2.45, 2.75) is 37.6 Å². The molecule has 0 aromatic carbocycles. The van der Waals surface area contributed by atoms with Gasteiger partial charge in [-0.15, -0.1) is 0 Å². The number of hydrogen-bond donors (Lipinski definition) is 2. The van der Waals surface area contributed by atoms with Crippen LogP contribution in [0.5, 0.6) is 0 Å². The first-order valence-corrected chi connectivity index (χ1v) is 6.58. The normalized spacial score (nSPS) is 17.7. The number of carboxylic acid groups (broad SMARTS) is 1. The summed E-state index contributed by atoms with van der Waals surface area (Å²) in [5, 5.41) is 12.3. The summed E-state index contributed by atoms with van der Waals surface area (Å²) < 4.78 is 0. The van der Waals surface area contributed by atoms with Crippen molar-refractivity contribution in [3.63, 3.8) is 0 Å². The fraction of sp³-hybridized carbons (Fsp3) is 0.462. The second-order valence-corrected chi connectivity index (χ2v) is 5.16. The number of nitrogens with one attached hydrogen (secondary N) is 1. The summed E-state index contributed by atoms with van der Waals surface area (Å²) in [6.45, 7) is 0. The molecule has 1 aliphatic carbocycles. The smallest absolute Gasteiger partial charge is 0.329 e. The van der Waals surface area contributed by atoms with E-state index in [0.29, 0.717) is 12.8 Å². The lowest BCUT2D eigenvalue weighted by Crippen LogP contribution is -2.55. The van der Waals surface area contributed by atoms with Crippen LogP contribution in [0.25, 0.3) is 0 Å². The number of carbonyl (C=O) groups excluding carboxylic acids is 1. The predicted octanol–water partition coefficient (Wildman–Crippen LogP) is 2.25. The van der Waals surface area contributed by atoms with Gasteiger partial charge in [0.25, 0.3) is 5.91 Å². The number of nitrogens with zero attached hydrogens (tertiary/aromatic N) is 1. The highest BCUT2D eigenvalue weighted by Gasteiger charge is 2.41. The van der Waals surface area contributed by atoms with E-state index < -0.39 is 17.4 Å². The van der Waals surface area contributed by atoms with Crippen LogP contribution in [0.15, 0.2) is 18.5 Å². The van der Waals surface area contributed by atoms with Gasteiger partial charge in [0.2, 0.25) is 0 Å². The van der Waals surface area contributed by atoms with Crippen molar-refractivity contribution in [2.24, 2.45) is 0 Å². The Hall–Kier alpha value is -1.62. The number of hydrogen-bond acceptors (Lipinski definition) is 3. The first-order chi connectivity index (χ1) is 9.05. The molecule has 1 aromatic rings. The zero-order valence-electron chi connectivity index (χ0n) is 10.4. The van der Waals surface area contributed by atoms with Gasteiger partial charge in [-0.05, 0) is 18.9 Å². The molecule has 1 saturated carbocycles. The third kappa shape index (κ3) is 2.87. The molecular formula is C13H15ClN2O3. The first-order valence-electron chi connectivity index (χ1n) is 6.21. The molecule has 0 unspecified atom stereocenters. The second kappa shape index (κ2) is 5.57. The van der Waals surface area contributed by atoms with Crippen molar-refractivity contribution >= 4 is 23.5 Å². The molecule has 102 valence electrons. The van der Waals surface area contributed by atoms with E-state index in [4.69, 9.17) is 11.6 Å². The quantitative estimate of drug-likeness (QED) is 0.891. The van der Waals surface area contributed by atoms with Gasteiger partial charge in [-0.2, -0.15) is 0 Å². The average molecular weight is 283 g/mol. The monoisotopic (exact) mass is 282 g/mol. The van der Waals surface area contributed by atoms with Crippen LogP contribution in [-0.2, 0) is 4.79 Å². The van der Waals surface area contributed by atoms with Crippen LogP contribution in [0.3, 0.4) is 0 Å². The zero-order chi connectivity index (χ0) is 13.9. The number of rotatable bonds is 3. The Bertz CT molecular complexity index is 498. The Balaban J connectivity index is 2.20. The number of pyridine rings is 1. The molecule has 0 aliphatic heterocycles. The predicted molar refractivity (Wildman–Crippen MR) is 70.2 cm³/mol. The fourth-order valence-corrected chi connectivity index (χ4v) is 2.60. The number of carboxylic acids is 1. The van der Waals surface area contributed by atoms with E-state index >= 15 is 0 Å². The van der Waals surface area contributed by atoms with Gasteiger partial charge in [0, 0.05) is 12.4 Å². The highest BCUT2D eigenvalue weighted by molar-refractivity contribution is 6.33. The molecule has 0 saturated heterocycles. The minimum atomic E-state index is -1.16. The second-order valence-electron chi connectivity index (χ2n) is 4.76. The molecule has 0 radical (unpaired) electrons. The third-order valence-electron chi connectivity index (χ3n) is 3.49. The van der Waals surface area contributed by atoms with Crippen molar-refractivity contribution in [1.82, 2.24) is 10.3 Å². The molecular weight excluding hydrogens is 268 g/mol. The van der Waals surface area contributed by atoms with Gasteiger partial charge in [0.1, 0.15) is 5.54 Å². The molecule has 5 nitrogen and oxygen atoms in total. The summed E-state index contributed by atoms with van der Waals surface area (Å²) in [6, 6.07) is 1.48. The average Bonchev–Trinajstić information content (AvgIpc) is 2.40. The van der Waals surface area contributed by atoms with Crippen LogP contribution in [0.1, 0.15) is 42.5 Å². The standard InChI is InChI=1S/C13H15ClN2O3/c14-10-8-15-7-4-9(10)11(17)16-13(12(18)19)5-2-1-3-6-13/h4,7-8H,1-3,5-6H2,(H,16,17)(H,18,19). The van der Waals surface area contributed by atoms with Crippen LogP contribution in [0.2, 0.25) is 5.02 Å².